The van der Waals surface area contributed by atoms with Gasteiger partial charge in [-0.2, -0.15) is 0 Å². The predicted molar refractivity (Wildman–Crippen MR) is 52.1 cm³/mol. The molecule has 0 aliphatic carbocycles. The van der Waals surface area contributed by atoms with E-state index < -0.39 is 6.55 Å². The van der Waals surface area contributed by atoms with Gasteiger partial charge in [0.05, 0.1) is 0 Å². The molecule has 3 rings (SSSR count). The number of hydrogen-bond acceptors (Lipinski definition) is 6. The van der Waals surface area contributed by atoms with Crippen molar-refractivity contribution in [2.24, 2.45) is 0 Å². The molecule has 2 aliphatic heterocycles. The molecule has 1 aromatic heterocycles. The summed E-state index contributed by atoms with van der Waals surface area (Å²) in [6.45, 7) is -2.15. The summed E-state index contributed by atoms with van der Waals surface area (Å²) >= 11 is 0. The van der Waals surface area contributed by atoms with Crippen molar-refractivity contribution in [2.75, 3.05) is 0 Å². The third kappa shape index (κ3) is 1.11. The van der Waals surface area contributed by atoms with E-state index in [1.54, 1.807) is 0 Å². The lowest BCUT2D eigenvalue weighted by Crippen LogP contribution is -2.54. The van der Waals surface area contributed by atoms with Gasteiger partial charge in [0.2, 0.25) is 0 Å². The Bertz CT molecular complexity index is 444. The van der Waals surface area contributed by atoms with Crippen LogP contribution in [0, 0.1) is 5.82 Å². The van der Waals surface area contributed by atoms with Crippen molar-refractivity contribution >= 4 is 24.1 Å². The van der Waals surface area contributed by atoms with Gasteiger partial charge in [-0.05, 0) is 0 Å². The van der Waals surface area contributed by atoms with Crippen LogP contribution in [-0.2, 0) is 18.9 Å². The Hall–Kier alpha value is -2.05. The molecule has 0 radical (unpaired) electrons. The standard InChI is InChI=1S/C9H7BN2O4/c13-8-3-6-4-9(14)16-10(6,15-8)7-5-11-1-2-12-7/h1-2,5H,3-4H2. The topological polar surface area (TPSA) is 78.4 Å². The molecule has 2 fully saturated rings. The number of rotatable bonds is 1. The third-order valence-electron chi connectivity index (χ3n) is 2.85. The molecule has 16 heavy (non-hydrogen) atoms. The van der Waals surface area contributed by atoms with Crippen LogP contribution in [0.2, 0.25) is 0 Å². The molecule has 2 aliphatic rings. The van der Waals surface area contributed by atoms with Crippen LogP contribution in [0.3, 0.4) is 0 Å². The van der Waals surface area contributed by atoms with Crippen molar-refractivity contribution in [3.63, 3.8) is 0 Å². The smallest absolute Gasteiger partial charge is 0.607 e. The van der Waals surface area contributed by atoms with Crippen LogP contribution >= 0.6 is 0 Å². The molecule has 0 unspecified atom stereocenters. The van der Waals surface area contributed by atoms with Gasteiger partial charge in [0, 0.05) is 30.0 Å². The van der Waals surface area contributed by atoms with E-state index >= 15 is 0 Å². The lowest BCUT2D eigenvalue weighted by Gasteiger charge is -2.23. The number of carbonyl (C=O) groups is 2. The van der Waals surface area contributed by atoms with Crippen LogP contribution in [0.1, 0.15) is 12.8 Å². The summed E-state index contributed by atoms with van der Waals surface area (Å²) in [4.78, 5) is 30.5. The second kappa shape index (κ2) is 2.97. The van der Waals surface area contributed by atoms with Crippen molar-refractivity contribution in [2.45, 2.75) is 12.8 Å². The molecule has 7 heteroatoms. The molecule has 1 aromatic rings. The second-order valence-corrected chi connectivity index (χ2v) is 3.83. The summed E-state index contributed by atoms with van der Waals surface area (Å²) in [6, 6.07) is 0. The molecule has 0 bridgehead atoms. The van der Waals surface area contributed by atoms with Crippen LogP contribution in [0.4, 0.5) is 0 Å². The zero-order chi connectivity index (χ0) is 11.2. The Morgan fingerprint density at radius 3 is 2.44 bits per heavy atom. The van der Waals surface area contributed by atoms with Crippen LogP contribution in [0.5, 0.6) is 0 Å². The van der Waals surface area contributed by atoms with E-state index in [0.29, 0.717) is 11.4 Å². The fraction of sp³-hybridized carbons (Fsp3) is 0.222. The molecular weight excluding hydrogens is 211 g/mol. The predicted octanol–water partition coefficient (Wildman–Crippen LogP) is -0.867. The number of fused-ring (bicyclic) bond motifs is 1. The first-order chi connectivity index (χ1) is 7.71. The van der Waals surface area contributed by atoms with Crippen molar-refractivity contribution < 1.29 is 18.9 Å². The van der Waals surface area contributed by atoms with Crippen molar-refractivity contribution in [3.8, 4) is 0 Å². The maximum atomic E-state index is 11.3. The maximum Gasteiger partial charge on any atom is 0.607 e. The first kappa shape index (κ1) is 9.20. The summed E-state index contributed by atoms with van der Waals surface area (Å²) in [5.41, 5.74) is 0.397. The van der Waals surface area contributed by atoms with E-state index in [2.05, 4.69) is 9.97 Å². The molecule has 0 amide bonds. The van der Waals surface area contributed by atoms with Crippen LogP contribution in [0.15, 0.2) is 18.6 Å². The monoisotopic (exact) mass is 218 g/mol. The third-order valence-corrected chi connectivity index (χ3v) is 2.85. The SMILES string of the molecule is O=C1C[C+]2CC(=O)O[B-]2(c2cnccn2)O1. The van der Waals surface area contributed by atoms with Gasteiger partial charge in [0.15, 0.2) is 0 Å². The van der Waals surface area contributed by atoms with E-state index in [4.69, 9.17) is 9.31 Å². The minimum Gasteiger partial charge on any atom is -0.609 e. The number of aromatic nitrogens is 2. The largest absolute Gasteiger partial charge is 0.609 e. The van der Waals surface area contributed by atoms with Gasteiger partial charge >= 0.3 is 18.5 Å². The number of carbonyl (C=O) groups excluding carboxylic acids is 2. The van der Waals surface area contributed by atoms with Crippen molar-refractivity contribution in [1.82, 2.24) is 9.97 Å². The average molecular weight is 218 g/mol. The second-order valence-electron chi connectivity index (χ2n) is 3.83. The lowest BCUT2D eigenvalue weighted by atomic mass is 9.46. The molecule has 80 valence electrons. The molecule has 6 nitrogen and oxygen atoms in total. The van der Waals surface area contributed by atoms with Gasteiger partial charge in [0.1, 0.15) is 12.8 Å². The summed E-state index contributed by atoms with van der Waals surface area (Å²) in [5, 5.41) is 0. The van der Waals surface area contributed by atoms with Crippen molar-refractivity contribution in [3.05, 3.63) is 24.4 Å². The minimum absolute atomic E-state index is 0.127. The normalized spacial score (nSPS) is 21.6. The van der Waals surface area contributed by atoms with Gasteiger partial charge in [-0.1, -0.05) is 0 Å². The minimum atomic E-state index is -2.15. The highest BCUT2D eigenvalue weighted by Crippen LogP contribution is 2.39. The number of nitrogens with zero attached hydrogens (tertiary/aromatic N) is 2. The summed E-state index contributed by atoms with van der Waals surface area (Å²) < 4.78 is 10.3. The van der Waals surface area contributed by atoms with Crippen LogP contribution in [-0.4, -0.2) is 28.5 Å². The van der Waals surface area contributed by atoms with Crippen molar-refractivity contribution in [1.29, 1.82) is 0 Å². The molecular formula is C9H7BN2O4. The molecule has 0 spiro atoms. The maximum absolute atomic E-state index is 11.3. The van der Waals surface area contributed by atoms with Gasteiger partial charge in [-0.3, -0.25) is 19.6 Å². The zero-order valence-electron chi connectivity index (χ0n) is 8.25. The Labute approximate surface area is 91.0 Å². The van der Waals surface area contributed by atoms with E-state index in [9.17, 15) is 9.59 Å². The first-order valence-electron chi connectivity index (χ1n) is 4.90. The highest BCUT2D eigenvalue weighted by atomic mass is 16.7. The summed E-state index contributed by atoms with van der Waals surface area (Å²) in [5.74, 6) is -0.100. The van der Waals surface area contributed by atoms with E-state index in [-0.39, 0.29) is 24.8 Å². The first-order valence-corrected chi connectivity index (χ1v) is 4.90. The van der Waals surface area contributed by atoms with Crippen LogP contribution < -0.4 is 5.59 Å². The molecule has 0 atom stereocenters. The van der Waals surface area contributed by atoms with Gasteiger partial charge < -0.3 is 9.31 Å². The van der Waals surface area contributed by atoms with E-state index in [1.807, 2.05) is 0 Å². The molecule has 0 aromatic carbocycles. The highest BCUT2D eigenvalue weighted by Gasteiger charge is 2.66. The fourth-order valence-corrected chi connectivity index (χ4v) is 2.18. The zero-order valence-corrected chi connectivity index (χ0v) is 8.25. The summed E-state index contributed by atoms with van der Waals surface area (Å²) in [7, 11) is 0. The van der Waals surface area contributed by atoms with Gasteiger partial charge in [-0.15, -0.1) is 0 Å². The average Bonchev–Trinajstić information content (AvgIpc) is 2.71. The quantitative estimate of drug-likeness (QED) is 0.450. The van der Waals surface area contributed by atoms with E-state index in [0.717, 1.165) is 0 Å². The Morgan fingerprint density at radius 1 is 1.19 bits per heavy atom. The molecule has 0 saturated carbocycles. The Kier molecular flexibility index (Phi) is 1.71. The molecule has 2 saturated heterocycles. The lowest BCUT2D eigenvalue weighted by molar-refractivity contribution is -0.138. The Balaban J connectivity index is 2.08. The van der Waals surface area contributed by atoms with Gasteiger partial charge in [0.25, 0.3) is 0 Å². The summed E-state index contributed by atoms with van der Waals surface area (Å²) in [6.07, 6.45) is 4.69. The molecule has 0 N–H and O–H groups in total. The van der Waals surface area contributed by atoms with E-state index in [1.165, 1.54) is 18.6 Å². The molecule has 3 heterocycles. The fourth-order valence-electron chi connectivity index (χ4n) is 2.18. The number of hydrogen-bond donors (Lipinski definition) is 0. The van der Waals surface area contributed by atoms with Gasteiger partial charge in [-0.25, -0.2) is 0 Å². The van der Waals surface area contributed by atoms with Crippen LogP contribution in [0.25, 0.3) is 0 Å². The Morgan fingerprint density at radius 2 is 1.88 bits per heavy atom. The highest BCUT2D eigenvalue weighted by molar-refractivity contribution is 6.90.